The van der Waals surface area contributed by atoms with Crippen LogP contribution in [0.3, 0.4) is 0 Å². The predicted molar refractivity (Wildman–Crippen MR) is 109 cm³/mol. The lowest BCUT2D eigenvalue weighted by atomic mass is 10.1. The number of benzene rings is 2. The molecule has 3 atom stereocenters. The summed E-state index contributed by atoms with van der Waals surface area (Å²) in [5, 5.41) is 8.17. The van der Waals surface area contributed by atoms with Crippen LogP contribution < -0.4 is 4.74 Å². The number of H-pyrrole nitrogens is 1. The Morgan fingerprint density at radius 1 is 1.19 bits per heavy atom. The fourth-order valence-corrected chi connectivity index (χ4v) is 4.65. The van der Waals surface area contributed by atoms with Crippen LogP contribution in [0.1, 0.15) is 35.1 Å². The van der Waals surface area contributed by atoms with E-state index in [0.29, 0.717) is 17.4 Å². The zero-order valence-corrected chi connectivity index (χ0v) is 16.7. The van der Waals surface area contributed by atoms with Gasteiger partial charge in [-0.25, -0.2) is 9.37 Å². The van der Waals surface area contributed by atoms with E-state index in [1.165, 1.54) is 23.3 Å². The summed E-state index contributed by atoms with van der Waals surface area (Å²) < 4.78 is 20.2. The fraction of sp³-hybridized carbons (Fsp3) is 0.273. The molecule has 6 rings (SSSR count). The minimum Gasteiger partial charge on any atom is -0.497 e. The van der Waals surface area contributed by atoms with Crippen molar-refractivity contribution < 1.29 is 13.9 Å². The van der Waals surface area contributed by atoms with E-state index < -0.39 is 5.82 Å². The molecule has 0 bridgehead atoms. The number of fused-ring (bicyclic) bond motifs is 2. The number of piperidine rings is 1. The van der Waals surface area contributed by atoms with Gasteiger partial charge in [-0.3, -0.25) is 4.79 Å². The zero-order valence-electron chi connectivity index (χ0n) is 16.7. The van der Waals surface area contributed by atoms with Gasteiger partial charge in [0.05, 0.1) is 36.6 Å². The number of likely N-dealkylation sites (tertiary alicyclic amines) is 1. The van der Waals surface area contributed by atoms with Crippen molar-refractivity contribution in [3.8, 4) is 11.4 Å². The summed E-state index contributed by atoms with van der Waals surface area (Å²) >= 11 is 0. The molecular weight excluding hydrogens is 399 g/mol. The molecule has 2 aromatic carbocycles. The number of nitrogens with zero attached hydrogens (tertiary/aromatic N) is 5. The molecule has 2 aliphatic rings. The first-order valence-corrected chi connectivity index (χ1v) is 10.2. The summed E-state index contributed by atoms with van der Waals surface area (Å²) in [5.41, 5.74) is 1.95. The Labute approximate surface area is 176 Å². The number of rotatable bonds is 4. The number of ether oxygens (including phenoxy) is 1. The van der Waals surface area contributed by atoms with E-state index in [9.17, 15) is 9.18 Å². The van der Waals surface area contributed by atoms with Crippen LogP contribution in [0, 0.1) is 11.7 Å². The van der Waals surface area contributed by atoms with Gasteiger partial charge in [0, 0.05) is 12.1 Å². The molecule has 1 amide bonds. The molecule has 0 radical (unpaired) electrons. The van der Waals surface area contributed by atoms with Gasteiger partial charge < -0.3 is 14.6 Å². The standard InChI is InChI=1S/C22H19FN6O2/c1-31-13-5-6-15-16(11-13)27-21(26-15)19-10-12-9-18(12)28(19)22(30)20-14(23)3-2-4-17(20)29-24-7-8-25-29/h2-8,11-12,18-19H,9-10H2,1H3,(H,26,27)/t12?,18-,19+/m1/s1. The van der Waals surface area contributed by atoms with E-state index in [1.807, 2.05) is 18.2 Å². The second kappa shape index (κ2) is 6.63. The summed E-state index contributed by atoms with van der Waals surface area (Å²) in [6.45, 7) is 0. The van der Waals surface area contributed by atoms with E-state index in [0.717, 1.165) is 29.6 Å². The van der Waals surface area contributed by atoms with E-state index in [4.69, 9.17) is 9.72 Å². The highest BCUT2D eigenvalue weighted by atomic mass is 19.1. The number of methoxy groups -OCH3 is 1. The second-order valence-corrected chi connectivity index (χ2v) is 7.98. The normalized spacial score (nSPS) is 22.0. The van der Waals surface area contributed by atoms with Gasteiger partial charge >= 0.3 is 0 Å². The lowest BCUT2D eigenvalue weighted by Gasteiger charge is -2.27. The van der Waals surface area contributed by atoms with Crippen molar-refractivity contribution in [3.63, 3.8) is 0 Å². The Kier molecular flexibility index (Phi) is 3.86. The highest BCUT2D eigenvalue weighted by Gasteiger charge is 2.55. The number of aromatic amines is 1. The largest absolute Gasteiger partial charge is 0.497 e. The Hall–Kier alpha value is -3.75. The van der Waals surface area contributed by atoms with Crippen LogP contribution >= 0.6 is 0 Å². The molecular formula is C22H19FN6O2. The third kappa shape index (κ3) is 2.80. The maximum absolute atomic E-state index is 14.9. The van der Waals surface area contributed by atoms with Crippen molar-refractivity contribution in [2.75, 3.05) is 7.11 Å². The first-order chi connectivity index (χ1) is 15.1. The summed E-state index contributed by atoms with van der Waals surface area (Å²) in [6, 6.07) is 9.97. The number of nitrogens with one attached hydrogen (secondary N) is 1. The van der Waals surface area contributed by atoms with E-state index >= 15 is 0 Å². The minimum absolute atomic E-state index is 0.0194. The summed E-state index contributed by atoms with van der Waals surface area (Å²) in [4.78, 5) is 24.8. The highest BCUT2D eigenvalue weighted by Crippen LogP contribution is 2.53. The smallest absolute Gasteiger partial charge is 0.259 e. The average molecular weight is 418 g/mol. The number of aromatic nitrogens is 5. The van der Waals surface area contributed by atoms with Crippen molar-refractivity contribution >= 4 is 16.9 Å². The summed E-state index contributed by atoms with van der Waals surface area (Å²) in [5.74, 6) is 0.900. The van der Waals surface area contributed by atoms with Crippen LogP contribution in [0.4, 0.5) is 4.39 Å². The topological polar surface area (TPSA) is 88.9 Å². The van der Waals surface area contributed by atoms with Crippen LogP contribution in [-0.4, -0.2) is 48.9 Å². The molecule has 1 N–H and O–H groups in total. The molecule has 1 unspecified atom stereocenters. The predicted octanol–water partition coefficient (Wildman–Crippen LogP) is 3.27. The Morgan fingerprint density at radius 2 is 2.03 bits per heavy atom. The maximum Gasteiger partial charge on any atom is 0.259 e. The van der Waals surface area contributed by atoms with Gasteiger partial charge in [0.25, 0.3) is 5.91 Å². The van der Waals surface area contributed by atoms with Gasteiger partial charge in [-0.1, -0.05) is 6.07 Å². The molecule has 156 valence electrons. The van der Waals surface area contributed by atoms with Crippen molar-refractivity contribution in [2.24, 2.45) is 5.92 Å². The molecule has 1 aliphatic carbocycles. The van der Waals surface area contributed by atoms with Crippen molar-refractivity contribution in [3.05, 3.63) is 66.0 Å². The van der Waals surface area contributed by atoms with Crippen LogP contribution in [0.15, 0.2) is 48.8 Å². The van der Waals surface area contributed by atoms with Gasteiger partial charge in [0.2, 0.25) is 0 Å². The van der Waals surface area contributed by atoms with Crippen LogP contribution in [0.25, 0.3) is 16.7 Å². The number of carbonyl (C=O) groups excluding carboxylic acids is 1. The third-order valence-electron chi connectivity index (χ3n) is 6.20. The first-order valence-electron chi connectivity index (χ1n) is 10.2. The molecule has 2 aromatic heterocycles. The average Bonchev–Trinajstić information content (AvgIpc) is 3.20. The van der Waals surface area contributed by atoms with Gasteiger partial charge in [-0.2, -0.15) is 15.0 Å². The summed E-state index contributed by atoms with van der Waals surface area (Å²) in [7, 11) is 1.61. The van der Waals surface area contributed by atoms with E-state index in [1.54, 1.807) is 24.1 Å². The van der Waals surface area contributed by atoms with Gasteiger partial charge in [0.15, 0.2) is 0 Å². The maximum atomic E-state index is 14.9. The molecule has 0 spiro atoms. The van der Waals surface area contributed by atoms with Crippen LogP contribution in [0.5, 0.6) is 5.75 Å². The number of imidazole rings is 1. The molecule has 2 fully saturated rings. The number of hydrogen-bond acceptors (Lipinski definition) is 5. The Balaban J connectivity index is 1.41. The number of halogens is 1. The third-order valence-corrected chi connectivity index (χ3v) is 6.20. The number of carbonyl (C=O) groups is 1. The molecule has 1 saturated carbocycles. The Morgan fingerprint density at radius 3 is 2.84 bits per heavy atom. The molecule has 1 saturated heterocycles. The molecule has 1 aliphatic heterocycles. The zero-order chi connectivity index (χ0) is 21.1. The lowest BCUT2D eigenvalue weighted by Crippen LogP contribution is -2.35. The Bertz CT molecular complexity index is 1300. The van der Waals surface area contributed by atoms with Crippen molar-refractivity contribution in [1.82, 2.24) is 29.9 Å². The fourth-order valence-electron chi connectivity index (χ4n) is 4.65. The molecule has 31 heavy (non-hydrogen) atoms. The quantitative estimate of drug-likeness (QED) is 0.550. The molecule has 8 nitrogen and oxygen atoms in total. The van der Waals surface area contributed by atoms with Gasteiger partial charge in [-0.05, 0) is 43.0 Å². The van der Waals surface area contributed by atoms with E-state index in [2.05, 4.69) is 15.2 Å². The van der Waals surface area contributed by atoms with Crippen molar-refractivity contribution in [1.29, 1.82) is 0 Å². The second-order valence-electron chi connectivity index (χ2n) is 7.98. The van der Waals surface area contributed by atoms with Gasteiger partial charge in [-0.15, -0.1) is 0 Å². The highest BCUT2D eigenvalue weighted by molar-refractivity contribution is 5.99. The minimum atomic E-state index is -0.586. The SMILES string of the molecule is COc1ccc2nc([C@@H]3CC4C[C@H]4N3C(=O)c3c(F)cccc3-n3nccn3)[nH]c2c1. The number of hydrogen-bond donors (Lipinski definition) is 1. The van der Waals surface area contributed by atoms with Gasteiger partial charge in [0.1, 0.15) is 28.6 Å². The molecule has 3 heterocycles. The van der Waals surface area contributed by atoms with Crippen molar-refractivity contribution in [2.45, 2.75) is 24.9 Å². The molecule has 9 heteroatoms. The van der Waals surface area contributed by atoms with Crippen LogP contribution in [0.2, 0.25) is 0 Å². The first kappa shape index (κ1) is 18.1. The lowest BCUT2D eigenvalue weighted by molar-refractivity contribution is 0.0687. The van der Waals surface area contributed by atoms with E-state index in [-0.39, 0.29) is 23.6 Å². The molecule has 4 aromatic rings. The van der Waals surface area contributed by atoms with Crippen LogP contribution in [-0.2, 0) is 0 Å². The monoisotopic (exact) mass is 418 g/mol. The number of amides is 1. The summed E-state index contributed by atoms with van der Waals surface area (Å²) in [6.07, 6.45) is 4.73.